The van der Waals surface area contributed by atoms with Gasteiger partial charge in [0.05, 0.1) is 5.69 Å². The first-order chi connectivity index (χ1) is 12.0. The average molecular weight is 487 g/mol. The van der Waals surface area contributed by atoms with Crippen LogP contribution in [0.4, 0.5) is 0 Å². The van der Waals surface area contributed by atoms with Gasteiger partial charge >= 0.3 is 0 Å². The van der Waals surface area contributed by atoms with Crippen molar-refractivity contribution in [2.45, 2.75) is 38.3 Å². The van der Waals surface area contributed by atoms with Gasteiger partial charge in [0.15, 0.2) is 5.96 Å². The molecule has 0 bridgehead atoms. The van der Waals surface area contributed by atoms with Crippen LogP contribution in [0.3, 0.4) is 0 Å². The molecule has 2 aromatic rings. The van der Waals surface area contributed by atoms with Gasteiger partial charge in [-0.25, -0.2) is 0 Å². The van der Waals surface area contributed by atoms with Gasteiger partial charge in [0.25, 0.3) is 0 Å². The van der Waals surface area contributed by atoms with Crippen molar-refractivity contribution < 1.29 is 0 Å². The van der Waals surface area contributed by atoms with Crippen molar-refractivity contribution in [2.24, 2.45) is 4.99 Å². The van der Waals surface area contributed by atoms with Crippen molar-refractivity contribution in [1.29, 1.82) is 0 Å². The molecular formula is C19H30IN5S. The Labute approximate surface area is 178 Å². The topological polar surface area (TPSA) is 45.5 Å². The molecule has 5 nitrogen and oxygen atoms in total. The maximum Gasteiger partial charge on any atom is 0.193 e. The second-order valence-corrected chi connectivity index (χ2v) is 7.06. The Hall–Kier alpha value is -1.22. The van der Waals surface area contributed by atoms with Crippen molar-refractivity contribution >= 4 is 41.7 Å². The Morgan fingerprint density at radius 2 is 1.96 bits per heavy atom. The minimum absolute atomic E-state index is 0. The summed E-state index contributed by atoms with van der Waals surface area (Å²) in [7, 11) is 3.90. The van der Waals surface area contributed by atoms with Gasteiger partial charge in [-0.15, -0.1) is 35.7 Å². The Morgan fingerprint density at radius 3 is 2.50 bits per heavy atom. The number of halogens is 1. The van der Waals surface area contributed by atoms with E-state index in [1.54, 1.807) is 11.8 Å². The highest BCUT2D eigenvalue weighted by Crippen LogP contribution is 2.15. The number of benzene rings is 1. The molecule has 0 amide bonds. The molecule has 1 aromatic heterocycles. The Morgan fingerprint density at radius 1 is 1.27 bits per heavy atom. The summed E-state index contributed by atoms with van der Waals surface area (Å²) in [5.74, 6) is 0.919. The zero-order valence-electron chi connectivity index (χ0n) is 16.3. The summed E-state index contributed by atoms with van der Waals surface area (Å²) < 4.78 is 2.07. The lowest BCUT2D eigenvalue weighted by Crippen LogP contribution is -2.39. The fourth-order valence-electron chi connectivity index (χ4n) is 2.79. The maximum atomic E-state index is 4.50. The molecule has 26 heavy (non-hydrogen) atoms. The summed E-state index contributed by atoms with van der Waals surface area (Å²) in [4.78, 5) is 7.83. The molecule has 0 unspecified atom stereocenters. The smallest absolute Gasteiger partial charge is 0.193 e. The number of aromatic nitrogens is 2. The highest BCUT2D eigenvalue weighted by molar-refractivity contribution is 14.0. The lowest BCUT2D eigenvalue weighted by Gasteiger charge is -2.22. The molecule has 1 heterocycles. The molecule has 1 aromatic carbocycles. The molecular weight excluding hydrogens is 457 g/mol. The molecule has 0 saturated heterocycles. The summed E-state index contributed by atoms with van der Waals surface area (Å²) in [6.45, 7) is 6.77. The molecule has 0 spiro atoms. The van der Waals surface area contributed by atoms with Crippen LogP contribution < -0.4 is 5.32 Å². The molecule has 144 valence electrons. The van der Waals surface area contributed by atoms with E-state index in [1.807, 2.05) is 14.0 Å². The molecule has 2 rings (SSSR count). The quantitative estimate of drug-likeness (QED) is 0.211. The fourth-order valence-corrected chi connectivity index (χ4v) is 3.20. The molecule has 0 atom stereocenters. The first-order valence-corrected chi connectivity index (χ1v) is 9.81. The number of aliphatic imine (C=N–C) groups is 1. The third-order valence-electron chi connectivity index (χ3n) is 4.09. The number of guanidine groups is 1. The predicted molar refractivity (Wildman–Crippen MR) is 123 cm³/mol. The molecule has 0 saturated carbocycles. The van der Waals surface area contributed by atoms with E-state index >= 15 is 0 Å². The monoisotopic (exact) mass is 487 g/mol. The van der Waals surface area contributed by atoms with Crippen molar-refractivity contribution in [1.82, 2.24) is 20.0 Å². The van der Waals surface area contributed by atoms with Crippen LogP contribution in [0.5, 0.6) is 0 Å². The zero-order chi connectivity index (χ0) is 18.2. The third-order valence-corrected chi connectivity index (χ3v) is 4.83. The van der Waals surface area contributed by atoms with Crippen molar-refractivity contribution in [3.05, 3.63) is 47.3 Å². The summed E-state index contributed by atoms with van der Waals surface area (Å²) in [6, 6.07) is 10.8. The number of nitrogens with zero attached hydrogens (tertiary/aromatic N) is 4. The van der Waals surface area contributed by atoms with Crippen LogP contribution in [0, 0.1) is 13.8 Å². The molecule has 1 N–H and O–H groups in total. The van der Waals surface area contributed by atoms with Gasteiger partial charge < -0.3 is 10.2 Å². The number of aryl methyl sites for hydroxylation is 3. The summed E-state index contributed by atoms with van der Waals surface area (Å²) in [6.07, 6.45) is 3.11. The van der Waals surface area contributed by atoms with E-state index in [1.165, 1.54) is 16.2 Å². The Kier molecular flexibility index (Phi) is 10.1. The molecule has 7 heteroatoms. The molecule has 0 aliphatic carbocycles. The van der Waals surface area contributed by atoms with E-state index in [0.717, 1.165) is 37.7 Å². The van der Waals surface area contributed by atoms with Gasteiger partial charge in [0.1, 0.15) is 0 Å². The number of hydrogen-bond donors (Lipinski definition) is 1. The fraction of sp³-hybridized carbons (Fsp3) is 0.474. The van der Waals surface area contributed by atoms with Gasteiger partial charge in [-0.1, -0.05) is 12.1 Å². The highest BCUT2D eigenvalue weighted by atomic mass is 127. The lowest BCUT2D eigenvalue weighted by molar-refractivity contribution is 0.470. The van der Waals surface area contributed by atoms with E-state index < -0.39 is 0 Å². The van der Waals surface area contributed by atoms with Crippen LogP contribution in [0.15, 0.2) is 40.2 Å². The van der Waals surface area contributed by atoms with Crippen molar-refractivity contribution in [3.8, 4) is 0 Å². The van der Waals surface area contributed by atoms with E-state index in [9.17, 15) is 0 Å². The zero-order valence-corrected chi connectivity index (χ0v) is 19.5. The molecule has 0 radical (unpaired) electrons. The van der Waals surface area contributed by atoms with Gasteiger partial charge in [-0.2, -0.15) is 5.10 Å². The predicted octanol–water partition coefficient (Wildman–Crippen LogP) is 3.94. The minimum Gasteiger partial charge on any atom is -0.356 e. The van der Waals surface area contributed by atoms with Gasteiger partial charge in [0, 0.05) is 44.3 Å². The third kappa shape index (κ3) is 6.83. The second-order valence-electron chi connectivity index (χ2n) is 6.18. The normalized spacial score (nSPS) is 11.2. The Balaban J connectivity index is 0.00000338. The number of rotatable bonds is 7. The Bertz CT molecular complexity index is 696. The first-order valence-electron chi connectivity index (χ1n) is 8.59. The minimum atomic E-state index is 0. The van der Waals surface area contributed by atoms with E-state index in [2.05, 4.69) is 75.5 Å². The summed E-state index contributed by atoms with van der Waals surface area (Å²) in [5, 5.41) is 7.94. The molecule has 0 aliphatic heterocycles. The maximum absolute atomic E-state index is 4.50. The largest absolute Gasteiger partial charge is 0.356 e. The van der Waals surface area contributed by atoms with Gasteiger partial charge in [0.2, 0.25) is 0 Å². The highest BCUT2D eigenvalue weighted by Gasteiger charge is 2.07. The SMILES string of the molecule is CN=C(NCCCn1nc(C)cc1C)N(C)Cc1ccc(SC)cc1.I. The van der Waals surface area contributed by atoms with Crippen LogP contribution in [-0.4, -0.2) is 47.5 Å². The first kappa shape index (κ1) is 22.8. The summed E-state index contributed by atoms with van der Waals surface area (Å²) in [5.41, 5.74) is 3.58. The van der Waals surface area contributed by atoms with Crippen molar-refractivity contribution in [3.63, 3.8) is 0 Å². The number of nitrogens with one attached hydrogen (secondary N) is 1. The average Bonchev–Trinajstić information content (AvgIpc) is 2.93. The van der Waals surface area contributed by atoms with Gasteiger partial charge in [-0.3, -0.25) is 9.67 Å². The van der Waals surface area contributed by atoms with Crippen molar-refractivity contribution in [2.75, 3.05) is 26.9 Å². The lowest BCUT2D eigenvalue weighted by atomic mass is 10.2. The van der Waals surface area contributed by atoms with Gasteiger partial charge in [-0.05, 0) is 50.3 Å². The summed E-state index contributed by atoms with van der Waals surface area (Å²) >= 11 is 1.76. The molecule has 0 fully saturated rings. The van der Waals surface area contributed by atoms with Crippen LogP contribution in [0.2, 0.25) is 0 Å². The van der Waals surface area contributed by atoms with Crippen LogP contribution >= 0.6 is 35.7 Å². The molecule has 0 aliphatic rings. The van der Waals surface area contributed by atoms with E-state index in [4.69, 9.17) is 0 Å². The van der Waals surface area contributed by atoms with E-state index in [0.29, 0.717) is 0 Å². The van der Waals surface area contributed by atoms with E-state index in [-0.39, 0.29) is 24.0 Å². The number of thioether (sulfide) groups is 1. The van der Waals surface area contributed by atoms with Crippen LogP contribution in [0.25, 0.3) is 0 Å². The van der Waals surface area contributed by atoms with Crippen LogP contribution in [-0.2, 0) is 13.1 Å². The second kappa shape index (κ2) is 11.5. The number of hydrogen-bond acceptors (Lipinski definition) is 3. The van der Waals surface area contributed by atoms with Crippen LogP contribution in [0.1, 0.15) is 23.4 Å². The standard InChI is InChI=1S/C19H29N5S.HI/c1-15-13-16(2)24(22-15)12-6-11-21-19(20-3)23(4)14-17-7-9-18(25-5)10-8-17;/h7-10,13H,6,11-12,14H2,1-5H3,(H,20,21);1H.